The molecule has 188 valence electrons. The zero-order chi connectivity index (χ0) is 26.6. The molecule has 3 aromatic carbocycles. The normalized spacial score (nSPS) is 20.9. The van der Waals surface area contributed by atoms with Crippen LogP contribution in [0.5, 0.6) is 0 Å². The lowest BCUT2D eigenvalue weighted by Gasteiger charge is -2.29. The van der Waals surface area contributed by atoms with Gasteiger partial charge in [0.1, 0.15) is 6.04 Å². The molecule has 1 saturated heterocycles. The van der Waals surface area contributed by atoms with E-state index in [0.29, 0.717) is 34.3 Å². The van der Waals surface area contributed by atoms with Crippen molar-refractivity contribution >= 4 is 40.1 Å². The lowest BCUT2D eigenvalue weighted by Crippen LogP contribution is -2.47. The monoisotopic (exact) mass is 503 g/mol. The zero-order valence-electron chi connectivity index (χ0n) is 21.0. The second-order valence-corrected chi connectivity index (χ2v) is 9.73. The van der Waals surface area contributed by atoms with Crippen LogP contribution in [0, 0.1) is 5.92 Å². The summed E-state index contributed by atoms with van der Waals surface area (Å²) in [6.45, 7) is 3.46. The Labute approximate surface area is 219 Å². The molecule has 6 rings (SSSR count). The Morgan fingerprint density at radius 3 is 2.18 bits per heavy atom. The van der Waals surface area contributed by atoms with Gasteiger partial charge in [0.2, 0.25) is 0 Å². The highest BCUT2D eigenvalue weighted by Crippen LogP contribution is 2.47. The molecular formula is C31H25N3O4. The minimum atomic E-state index is -1.00. The lowest BCUT2D eigenvalue weighted by molar-refractivity contribution is -0.121. The number of carbonyl (C=O) groups excluding carboxylic acids is 4. The minimum absolute atomic E-state index is 0.0838. The van der Waals surface area contributed by atoms with Gasteiger partial charge in [0.15, 0.2) is 5.78 Å². The van der Waals surface area contributed by atoms with Crippen molar-refractivity contribution in [3.05, 3.63) is 107 Å². The Balaban J connectivity index is 1.56. The molecule has 3 amide bonds. The van der Waals surface area contributed by atoms with Crippen LogP contribution < -0.4 is 4.90 Å². The second kappa shape index (κ2) is 9.03. The molecule has 3 atom stereocenters. The van der Waals surface area contributed by atoms with Gasteiger partial charge >= 0.3 is 0 Å². The molecule has 4 aromatic rings. The number of carbonyl (C=O) groups is 4. The maximum absolute atomic E-state index is 14.4. The molecule has 1 aromatic heterocycles. The molecule has 0 radical (unpaired) electrons. The van der Waals surface area contributed by atoms with Crippen LogP contribution in [0.4, 0.5) is 5.69 Å². The standard InChI is InChI=1S/C31H25N3O4/c1-3-22-27(21-11-6-10-20(17-21)18(2)35)33(25-15-7-9-19-12-8-16-32-26(19)25)31(38)28(22)34-29(36)23-13-4-5-14-24(23)30(34)37/h4-17,22,27-28H,3H2,1-2H3/t22-,27-,28+/m1/s1. The van der Waals surface area contributed by atoms with Crippen molar-refractivity contribution < 1.29 is 19.2 Å². The van der Waals surface area contributed by atoms with E-state index in [1.54, 1.807) is 53.6 Å². The number of nitrogens with zero attached hydrogens (tertiary/aromatic N) is 3. The summed E-state index contributed by atoms with van der Waals surface area (Å²) in [6.07, 6.45) is 2.20. The molecule has 38 heavy (non-hydrogen) atoms. The number of rotatable bonds is 5. The molecule has 0 bridgehead atoms. The van der Waals surface area contributed by atoms with Crippen LogP contribution in [0.1, 0.15) is 62.9 Å². The van der Waals surface area contributed by atoms with Crippen LogP contribution in [0.25, 0.3) is 10.9 Å². The van der Waals surface area contributed by atoms with Gasteiger partial charge in [0.05, 0.1) is 28.4 Å². The summed E-state index contributed by atoms with van der Waals surface area (Å²) in [5, 5.41) is 0.867. The van der Waals surface area contributed by atoms with Gasteiger partial charge in [-0.1, -0.05) is 55.5 Å². The average molecular weight is 504 g/mol. The Bertz CT molecular complexity index is 1610. The smallest absolute Gasteiger partial charge is 0.262 e. The molecule has 7 heteroatoms. The number of Topliss-reactive ketones (excluding diaryl/α,β-unsaturated/α-hetero) is 1. The summed E-state index contributed by atoms with van der Waals surface area (Å²) < 4.78 is 0. The molecule has 7 nitrogen and oxygen atoms in total. The van der Waals surface area contributed by atoms with Gasteiger partial charge < -0.3 is 4.90 Å². The van der Waals surface area contributed by atoms with Gasteiger partial charge in [-0.15, -0.1) is 0 Å². The Morgan fingerprint density at radius 2 is 1.50 bits per heavy atom. The summed E-state index contributed by atoms with van der Waals surface area (Å²) in [6, 6.07) is 21.8. The van der Waals surface area contributed by atoms with Gasteiger partial charge in [-0.05, 0) is 49.2 Å². The number of hydrogen-bond donors (Lipinski definition) is 0. The van der Waals surface area contributed by atoms with Crippen molar-refractivity contribution in [2.24, 2.45) is 5.92 Å². The maximum atomic E-state index is 14.4. The van der Waals surface area contributed by atoms with E-state index in [9.17, 15) is 19.2 Å². The molecule has 0 unspecified atom stereocenters. The summed E-state index contributed by atoms with van der Waals surface area (Å²) in [4.78, 5) is 61.1. The zero-order valence-corrected chi connectivity index (χ0v) is 21.0. The first kappa shape index (κ1) is 23.7. The van der Waals surface area contributed by atoms with Crippen LogP contribution in [0.15, 0.2) is 85.1 Å². The van der Waals surface area contributed by atoms with E-state index in [0.717, 1.165) is 15.8 Å². The number of para-hydroxylation sites is 1. The topological polar surface area (TPSA) is 87.7 Å². The highest BCUT2D eigenvalue weighted by Gasteiger charge is 2.56. The Kier molecular flexibility index (Phi) is 5.64. The number of ketones is 1. The van der Waals surface area contributed by atoms with Crippen molar-refractivity contribution in [2.45, 2.75) is 32.4 Å². The van der Waals surface area contributed by atoms with E-state index in [4.69, 9.17) is 0 Å². The van der Waals surface area contributed by atoms with E-state index in [-0.39, 0.29) is 11.7 Å². The fraction of sp³-hybridized carbons (Fsp3) is 0.194. The Morgan fingerprint density at radius 1 is 0.816 bits per heavy atom. The largest absolute Gasteiger partial charge is 0.301 e. The van der Waals surface area contributed by atoms with Crippen molar-refractivity contribution in [1.82, 2.24) is 9.88 Å². The molecule has 0 aliphatic carbocycles. The first-order chi connectivity index (χ1) is 18.4. The van der Waals surface area contributed by atoms with Gasteiger partial charge in [-0.2, -0.15) is 0 Å². The molecule has 1 fully saturated rings. The predicted octanol–water partition coefficient (Wildman–Crippen LogP) is 5.22. The van der Waals surface area contributed by atoms with Crippen LogP contribution in [0.3, 0.4) is 0 Å². The fourth-order valence-corrected chi connectivity index (χ4v) is 5.92. The molecule has 2 aliphatic rings. The number of imide groups is 1. The summed E-state index contributed by atoms with van der Waals surface area (Å²) >= 11 is 0. The minimum Gasteiger partial charge on any atom is -0.301 e. The fourth-order valence-electron chi connectivity index (χ4n) is 5.92. The van der Waals surface area contributed by atoms with Crippen molar-refractivity contribution in [2.75, 3.05) is 4.90 Å². The highest BCUT2D eigenvalue weighted by atomic mass is 16.2. The van der Waals surface area contributed by atoms with Gasteiger partial charge in [-0.25, -0.2) is 0 Å². The maximum Gasteiger partial charge on any atom is 0.262 e. The third-order valence-corrected chi connectivity index (χ3v) is 7.66. The molecule has 3 heterocycles. The SMILES string of the molecule is CC[C@H]1[C@H](N2C(=O)c3ccccc3C2=O)C(=O)N(c2cccc3cccnc23)[C@@H]1c1cccc(C(C)=O)c1. The second-order valence-electron chi connectivity index (χ2n) is 9.73. The molecule has 0 saturated carbocycles. The average Bonchev–Trinajstić information content (AvgIpc) is 3.37. The van der Waals surface area contributed by atoms with Crippen molar-refractivity contribution in [1.29, 1.82) is 0 Å². The number of aromatic nitrogens is 1. The number of pyridine rings is 1. The van der Waals surface area contributed by atoms with E-state index in [1.165, 1.54) is 6.92 Å². The van der Waals surface area contributed by atoms with E-state index >= 15 is 0 Å². The van der Waals surface area contributed by atoms with E-state index in [1.807, 2.05) is 43.3 Å². The lowest BCUT2D eigenvalue weighted by atomic mass is 9.87. The van der Waals surface area contributed by atoms with Crippen LogP contribution >= 0.6 is 0 Å². The highest BCUT2D eigenvalue weighted by molar-refractivity contribution is 6.24. The quantitative estimate of drug-likeness (QED) is 0.275. The number of anilines is 1. The number of benzene rings is 3. The third-order valence-electron chi connectivity index (χ3n) is 7.66. The van der Waals surface area contributed by atoms with Crippen molar-refractivity contribution in [3.63, 3.8) is 0 Å². The first-order valence-electron chi connectivity index (χ1n) is 12.7. The Hall–Kier alpha value is -4.65. The predicted molar refractivity (Wildman–Crippen MR) is 143 cm³/mol. The summed E-state index contributed by atoms with van der Waals surface area (Å²) in [7, 11) is 0. The first-order valence-corrected chi connectivity index (χ1v) is 12.7. The molecular weight excluding hydrogens is 478 g/mol. The third kappa shape index (κ3) is 3.46. The molecule has 0 N–H and O–H groups in total. The summed E-state index contributed by atoms with van der Waals surface area (Å²) in [5.74, 6) is -1.76. The van der Waals surface area contributed by atoms with Crippen LogP contribution in [-0.2, 0) is 4.79 Å². The van der Waals surface area contributed by atoms with E-state index < -0.39 is 29.8 Å². The van der Waals surface area contributed by atoms with E-state index in [2.05, 4.69) is 4.98 Å². The van der Waals surface area contributed by atoms with Crippen LogP contribution in [-0.4, -0.2) is 39.4 Å². The van der Waals surface area contributed by atoms with Gasteiger partial charge in [0.25, 0.3) is 17.7 Å². The number of hydrogen-bond acceptors (Lipinski definition) is 5. The molecule has 0 spiro atoms. The van der Waals surface area contributed by atoms with Gasteiger partial charge in [0, 0.05) is 23.1 Å². The van der Waals surface area contributed by atoms with Gasteiger partial charge in [-0.3, -0.25) is 29.1 Å². The number of amides is 3. The van der Waals surface area contributed by atoms with Crippen LogP contribution in [0.2, 0.25) is 0 Å². The number of fused-ring (bicyclic) bond motifs is 2. The van der Waals surface area contributed by atoms with Crippen molar-refractivity contribution in [3.8, 4) is 0 Å². The summed E-state index contributed by atoms with van der Waals surface area (Å²) in [5.41, 5.74) is 3.16. The molecule has 2 aliphatic heterocycles.